The fourth-order valence-corrected chi connectivity index (χ4v) is 1.17. The lowest BCUT2D eigenvalue weighted by atomic mass is 10.0. The van der Waals surface area contributed by atoms with Crippen LogP contribution in [0.25, 0.3) is 0 Å². The minimum absolute atomic E-state index is 1.00. The largest absolute Gasteiger partial charge is 0.308 e. The summed E-state index contributed by atoms with van der Waals surface area (Å²) < 4.78 is 0. The van der Waals surface area contributed by atoms with Crippen molar-refractivity contribution >= 4 is 6.21 Å². The zero-order valence-electron chi connectivity index (χ0n) is 7.02. The third-order valence-electron chi connectivity index (χ3n) is 1.84. The van der Waals surface area contributed by atoms with Gasteiger partial charge in [-0.15, -0.1) is 0 Å². The van der Waals surface area contributed by atoms with E-state index in [2.05, 4.69) is 19.1 Å². The average Bonchev–Trinajstić information content (AvgIpc) is 2.04. The Bertz CT molecular complexity index is 264. The number of hydrogen-bond acceptors (Lipinski definition) is 1. The molecule has 11 heavy (non-hydrogen) atoms. The van der Waals surface area contributed by atoms with Crippen LogP contribution < -0.4 is 0 Å². The minimum atomic E-state index is 1.00. The quantitative estimate of drug-likeness (QED) is 0.622. The maximum atomic E-state index is 7.16. The summed E-state index contributed by atoms with van der Waals surface area (Å²) in [5, 5.41) is 7.16. The van der Waals surface area contributed by atoms with Crippen molar-refractivity contribution in [3.63, 3.8) is 0 Å². The van der Waals surface area contributed by atoms with Crippen molar-refractivity contribution in [3.8, 4) is 0 Å². The number of hydrogen-bond donors (Lipinski definition) is 1. The Labute approximate surface area is 67.6 Å². The summed E-state index contributed by atoms with van der Waals surface area (Å²) in [6, 6.07) is 6.23. The molecule has 1 heteroatoms. The number of rotatable bonds is 2. The first-order valence-electron chi connectivity index (χ1n) is 3.88. The lowest BCUT2D eigenvalue weighted by molar-refractivity contribution is 1.13. The monoisotopic (exact) mass is 147 g/mol. The Hall–Kier alpha value is -1.11. The van der Waals surface area contributed by atoms with Crippen molar-refractivity contribution in [2.24, 2.45) is 0 Å². The van der Waals surface area contributed by atoms with Crippen molar-refractivity contribution in [3.05, 3.63) is 34.9 Å². The highest BCUT2D eigenvalue weighted by molar-refractivity contribution is 5.79. The highest BCUT2D eigenvalue weighted by atomic mass is 14.3. The average molecular weight is 147 g/mol. The molecule has 0 radical (unpaired) electrons. The minimum Gasteiger partial charge on any atom is -0.308 e. The van der Waals surface area contributed by atoms with Gasteiger partial charge in [0.05, 0.1) is 0 Å². The van der Waals surface area contributed by atoms with E-state index in [0.29, 0.717) is 0 Å². The molecule has 0 aliphatic carbocycles. The predicted octanol–water partition coefficient (Wildman–Crippen LogP) is 2.56. The highest BCUT2D eigenvalue weighted by Gasteiger charge is 1.96. The Morgan fingerprint density at radius 3 is 2.73 bits per heavy atom. The molecule has 0 saturated carbocycles. The SMILES string of the molecule is CCc1ccc(C)cc1C=N. The second-order valence-electron chi connectivity index (χ2n) is 2.70. The van der Waals surface area contributed by atoms with Crippen LogP contribution in [0.5, 0.6) is 0 Å². The molecule has 0 aliphatic rings. The van der Waals surface area contributed by atoms with E-state index < -0.39 is 0 Å². The number of aryl methyl sites for hydroxylation is 2. The molecule has 1 aromatic carbocycles. The maximum absolute atomic E-state index is 7.16. The molecule has 0 spiro atoms. The van der Waals surface area contributed by atoms with Crippen molar-refractivity contribution in [1.29, 1.82) is 5.41 Å². The van der Waals surface area contributed by atoms with E-state index >= 15 is 0 Å². The fraction of sp³-hybridized carbons (Fsp3) is 0.300. The summed E-state index contributed by atoms with van der Waals surface area (Å²) in [5.41, 5.74) is 3.53. The van der Waals surface area contributed by atoms with Gasteiger partial charge in [0, 0.05) is 6.21 Å². The van der Waals surface area contributed by atoms with Gasteiger partial charge in [0.25, 0.3) is 0 Å². The second kappa shape index (κ2) is 3.33. The molecule has 0 bridgehead atoms. The third kappa shape index (κ3) is 1.67. The summed E-state index contributed by atoms with van der Waals surface area (Å²) >= 11 is 0. The first-order valence-corrected chi connectivity index (χ1v) is 3.88. The summed E-state index contributed by atoms with van der Waals surface area (Å²) in [5.74, 6) is 0. The summed E-state index contributed by atoms with van der Waals surface area (Å²) in [7, 11) is 0. The summed E-state index contributed by atoms with van der Waals surface area (Å²) in [6.07, 6.45) is 2.43. The molecule has 0 saturated heterocycles. The fourth-order valence-electron chi connectivity index (χ4n) is 1.17. The van der Waals surface area contributed by atoms with Gasteiger partial charge in [0.15, 0.2) is 0 Å². The molecule has 0 aromatic heterocycles. The molecule has 0 amide bonds. The topological polar surface area (TPSA) is 23.9 Å². The molecule has 0 unspecified atom stereocenters. The van der Waals surface area contributed by atoms with Crippen LogP contribution in [0.1, 0.15) is 23.6 Å². The van der Waals surface area contributed by atoms with Crippen molar-refractivity contribution in [1.82, 2.24) is 0 Å². The van der Waals surface area contributed by atoms with Crippen LogP contribution >= 0.6 is 0 Å². The van der Waals surface area contributed by atoms with Gasteiger partial charge in [-0.1, -0.05) is 30.7 Å². The van der Waals surface area contributed by atoms with E-state index in [-0.39, 0.29) is 0 Å². The van der Waals surface area contributed by atoms with Gasteiger partial charge >= 0.3 is 0 Å². The van der Waals surface area contributed by atoms with Crippen LogP contribution in [0.2, 0.25) is 0 Å². The van der Waals surface area contributed by atoms with Gasteiger partial charge in [0.2, 0.25) is 0 Å². The standard InChI is InChI=1S/C10H13N/c1-3-9-5-4-8(2)6-10(9)7-11/h4-7,11H,3H2,1-2H3. The Kier molecular flexibility index (Phi) is 2.42. The molecular formula is C10H13N. The Morgan fingerprint density at radius 2 is 2.18 bits per heavy atom. The number of benzene rings is 1. The first kappa shape index (κ1) is 7.99. The smallest absolute Gasteiger partial charge is 0.0253 e. The molecule has 0 heterocycles. The molecule has 1 nitrogen and oxygen atoms in total. The van der Waals surface area contributed by atoms with Crippen LogP contribution in [0.3, 0.4) is 0 Å². The molecule has 0 aliphatic heterocycles. The van der Waals surface area contributed by atoms with Crippen molar-refractivity contribution in [2.75, 3.05) is 0 Å². The molecule has 1 aromatic rings. The van der Waals surface area contributed by atoms with Gasteiger partial charge in [-0.2, -0.15) is 0 Å². The Balaban J connectivity index is 3.16. The lowest BCUT2D eigenvalue weighted by Gasteiger charge is -2.02. The van der Waals surface area contributed by atoms with Crippen molar-refractivity contribution in [2.45, 2.75) is 20.3 Å². The molecular weight excluding hydrogens is 134 g/mol. The van der Waals surface area contributed by atoms with E-state index in [1.165, 1.54) is 17.3 Å². The van der Waals surface area contributed by atoms with E-state index in [9.17, 15) is 0 Å². The third-order valence-corrected chi connectivity index (χ3v) is 1.84. The predicted molar refractivity (Wildman–Crippen MR) is 48.4 cm³/mol. The molecule has 1 N–H and O–H groups in total. The lowest BCUT2D eigenvalue weighted by Crippen LogP contribution is -1.90. The van der Waals surface area contributed by atoms with E-state index in [1.54, 1.807) is 0 Å². The molecule has 1 rings (SSSR count). The van der Waals surface area contributed by atoms with E-state index in [0.717, 1.165) is 12.0 Å². The molecule has 58 valence electrons. The van der Waals surface area contributed by atoms with E-state index in [1.807, 2.05) is 13.0 Å². The second-order valence-corrected chi connectivity index (χ2v) is 2.70. The molecule has 0 fully saturated rings. The zero-order valence-corrected chi connectivity index (χ0v) is 7.02. The van der Waals surface area contributed by atoms with Crippen molar-refractivity contribution < 1.29 is 0 Å². The highest BCUT2D eigenvalue weighted by Crippen LogP contribution is 2.09. The normalized spacial score (nSPS) is 9.64. The summed E-state index contributed by atoms with van der Waals surface area (Å²) in [4.78, 5) is 0. The van der Waals surface area contributed by atoms with Gasteiger partial charge in [-0.3, -0.25) is 0 Å². The van der Waals surface area contributed by atoms with Crippen LogP contribution in [0, 0.1) is 12.3 Å². The van der Waals surface area contributed by atoms with Gasteiger partial charge in [-0.05, 0) is 24.5 Å². The first-order chi connectivity index (χ1) is 5.27. The van der Waals surface area contributed by atoms with Gasteiger partial charge in [-0.25, -0.2) is 0 Å². The number of nitrogens with one attached hydrogen (secondary N) is 1. The maximum Gasteiger partial charge on any atom is 0.0253 e. The summed E-state index contributed by atoms with van der Waals surface area (Å²) in [6.45, 7) is 4.16. The molecule has 0 atom stereocenters. The van der Waals surface area contributed by atoms with Gasteiger partial charge in [0.1, 0.15) is 0 Å². The van der Waals surface area contributed by atoms with Crippen LogP contribution in [0.4, 0.5) is 0 Å². The Morgan fingerprint density at radius 1 is 1.45 bits per heavy atom. The zero-order chi connectivity index (χ0) is 8.27. The van der Waals surface area contributed by atoms with E-state index in [4.69, 9.17) is 5.41 Å². The van der Waals surface area contributed by atoms with Crippen LogP contribution in [0.15, 0.2) is 18.2 Å². The van der Waals surface area contributed by atoms with Gasteiger partial charge < -0.3 is 5.41 Å². The van der Waals surface area contributed by atoms with Crippen LogP contribution in [-0.4, -0.2) is 6.21 Å². The van der Waals surface area contributed by atoms with Crippen LogP contribution in [-0.2, 0) is 6.42 Å².